The van der Waals surface area contributed by atoms with Crippen LogP contribution < -0.4 is 20.5 Å². The predicted molar refractivity (Wildman–Crippen MR) is 162 cm³/mol. The maximum absolute atomic E-state index is 15.2. The first-order chi connectivity index (χ1) is 22.2. The standard InChI is InChI=1S/C33H34F5N3O6/c1-17-12-23(33(36,37)38)27(31(43)40(17)3)22-8-7-19(21-6-5-10-47-29(21)22)13-26(32(44)45-4)39-30(42)28-24(34)14-20(15-25(28)35)41-9-11-46-16-18(41)2/h7-8,12,14-15,18,26H,5-6,9-11,13,16H2,1-4H3,(H,39,42)/t18-,26-/m0/s1. The molecule has 1 fully saturated rings. The topological polar surface area (TPSA) is 99.1 Å². The van der Waals surface area contributed by atoms with Gasteiger partial charge in [0.2, 0.25) is 0 Å². The molecule has 0 radical (unpaired) electrons. The molecule has 5 rings (SSSR count). The summed E-state index contributed by atoms with van der Waals surface area (Å²) in [6.07, 6.45) is -4.26. The molecule has 0 saturated carbocycles. The van der Waals surface area contributed by atoms with Crippen molar-refractivity contribution in [2.45, 2.75) is 51.4 Å². The van der Waals surface area contributed by atoms with Gasteiger partial charge in [0.25, 0.3) is 11.5 Å². The summed E-state index contributed by atoms with van der Waals surface area (Å²) in [6.45, 7) is 4.55. The number of halogens is 5. The average Bonchev–Trinajstić information content (AvgIpc) is 3.02. The number of nitrogens with one attached hydrogen (secondary N) is 1. The van der Waals surface area contributed by atoms with Gasteiger partial charge >= 0.3 is 12.1 Å². The van der Waals surface area contributed by atoms with Gasteiger partial charge in [-0.15, -0.1) is 0 Å². The Morgan fingerprint density at radius 2 is 1.83 bits per heavy atom. The molecule has 0 unspecified atom stereocenters. The number of fused-ring (bicyclic) bond motifs is 1. The number of aryl methyl sites for hydroxylation is 1. The van der Waals surface area contributed by atoms with Crippen LogP contribution in [0.25, 0.3) is 11.1 Å². The second-order valence-electron chi connectivity index (χ2n) is 11.6. The Morgan fingerprint density at radius 1 is 1.13 bits per heavy atom. The number of carbonyl (C=O) groups is 2. The molecule has 14 heteroatoms. The summed E-state index contributed by atoms with van der Waals surface area (Å²) in [5, 5.41) is 2.36. The molecule has 3 heterocycles. The smallest absolute Gasteiger partial charge is 0.417 e. The number of pyridine rings is 1. The maximum atomic E-state index is 15.2. The van der Waals surface area contributed by atoms with E-state index in [1.165, 1.54) is 26.1 Å². The highest BCUT2D eigenvalue weighted by Crippen LogP contribution is 2.43. The minimum Gasteiger partial charge on any atom is -0.493 e. The van der Waals surface area contributed by atoms with E-state index >= 15 is 8.78 Å². The van der Waals surface area contributed by atoms with Crippen LogP contribution in [0.5, 0.6) is 5.75 Å². The quantitative estimate of drug-likeness (QED) is 0.289. The van der Waals surface area contributed by atoms with Crippen LogP contribution in [-0.4, -0.2) is 62.0 Å². The fraction of sp³-hybridized carbons (Fsp3) is 0.424. The number of aromatic nitrogens is 1. The summed E-state index contributed by atoms with van der Waals surface area (Å²) < 4.78 is 90.1. The molecule has 1 N–H and O–H groups in total. The van der Waals surface area contributed by atoms with Crippen LogP contribution in [0.4, 0.5) is 27.6 Å². The Labute approximate surface area is 267 Å². The van der Waals surface area contributed by atoms with Gasteiger partial charge in [0.15, 0.2) is 0 Å². The van der Waals surface area contributed by atoms with Gasteiger partial charge in [0.1, 0.15) is 29.0 Å². The van der Waals surface area contributed by atoms with Crippen molar-refractivity contribution in [1.29, 1.82) is 0 Å². The molecule has 47 heavy (non-hydrogen) atoms. The van der Waals surface area contributed by atoms with Gasteiger partial charge in [-0.1, -0.05) is 12.1 Å². The Morgan fingerprint density at radius 3 is 2.47 bits per heavy atom. The second kappa shape index (κ2) is 13.3. The number of benzene rings is 2. The fourth-order valence-electron chi connectivity index (χ4n) is 6.06. The van der Waals surface area contributed by atoms with Crippen LogP contribution in [0.15, 0.2) is 35.1 Å². The van der Waals surface area contributed by atoms with E-state index in [0.29, 0.717) is 43.7 Å². The molecule has 1 aromatic heterocycles. The number of amides is 1. The SMILES string of the molecule is COC(=O)[C@H](Cc1ccc(-c2c(C(F)(F)F)cc(C)n(C)c2=O)c2c1CCCO2)NC(=O)c1c(F)cc(N2CCOC[C@@H]2C)cc1F. The largest absolute Gasteiger partial charge is 0.493 e. The number of rotatable bonds is 7. The zero-order valence-electron chi connectivity index (χ0n) is 26.2. The van der Waals surface area contributed by atoms with E-state index in [0.717, 1.165) is 29.9 Å². The molecule has 0 bridgehead atoms. The van der Waals surface area contributed by atoms with Crippen LogP contribution in [-0.2, 0) is 40.3 Å². The Kier molecular flexibility index (Phi) is 9.62. The van der Waals surface area contributed by atoms with Gasteiger partial charge in [0.05, 0.1) is 38.1 Å². The highest BCUT2D eigenvalue weighted by Gasteiger charge is 2.38. The van der Waals surface area contributed by atoms with E-state index in [9.17, 15) is 27.6 Å². The highest BCUT2D eigenvalue weighted by atomic mass is 19.4. The number of ether oxygens (including phenoxy) is 3. The minimum atomic E-state index is -4.84. The summed E-state index contributed by atoms with van der Waals surface area (Å²) in [6, 6.07) is 4.16. The molecule has 1 amide bonds. The highest BCUT2D eigenvalue weighted by molar-refractivity contribution is 5.97. The van der Waals surface area contributed by atoms with Gasteiger partial charge < -0.3 is 29.0 Å². The van der Waals surface area contributed by atoms with Crippen LogP contribution >= 0.6 is 0 Å². The summed E-state index contributed by atoms with van der Waals surface area (Å²) in [5.74, 6) is -4.32. The summed E-state index contributed by atoms with van der Waals surface area (Å²) in [5.41, 5.74) is -2.29. The number of methoxy groups -OCH3 is 1. The number of nitrogens with zero attached hydrogens (tertiary/aromatic N) is 2. The van der Waals surface area contributed by atoms with Crippen molar-refractivity contribution in [1.82, 2.24) is 9.88 Å². The molecule has 0 aliphatic carbocycles. The molecule has 1 saturated heterocycles. The molecule has 2 aliphatic rings. The first-order valence-electron chi connectivity index (χ1n) is 15.0. The molecule has 3 aromatic rings. The number of hydrogen-bond donors (Lipinski definition) is 1. The van der Waals surface area contributed by atoms with Crippen LogP contribution in [0.1, 0.15) is 46.1 Å². The van der Waals surface area contributed by atoms with Gasteiger partial charge in [-0.2, -0.15) is 13.2 Å². The number of carbonyl (C=O) groups excluding carboxylic acids is 2. The Bertz CT molecular complexity index is 1750. The molecule has 2 aromatic carbocycles. The van der Waals surface area contributed by atoms with Crippen molar-refractivity contribution in [2.24, 2.45) is 7.05 Å². The predicted octanol–water partition coefficient (Wildman–Crippen LogP) is 4.72. The lowest BCUT2D eigenvalue weighted by molar-refractivity contribution is -0.143. The van der Waals surface area contributed by atoms with Crippen molar-refractivity contribution >= 4 is 17.6 Å². The minimum absolute atomic E-state index is 0.0557. The third kappa shape index (κ3) is 6.69. The van der Waals surface area contributed by atoms with Crippen molar-refractivity contribution < 1.29 is 45.8 Å². The summed E-state index contributed by atoms with van der Waals surface area (Å²) in [4.78, 5) is 41.0. The van der Waals surface area contributed by atoms with Crippen LogP contribution in [0.2, 0.25) is 0 Å². The van der Waals surface area contributed by atoms with E-state index in [4.69, 9.17) is 14.2 Å². The third-order valence-corrected chi connectivity index (χ3v) is 8.59. The van der Waals surface area contributed by atoms with Crippen molar-refractivity contribution in [3.63, 3.8) is 0 Å². The van der Waals surface area contributed by atoms with Crippen LogP contribution in [0.3, 0.4) is 0 Å². The Balaban J connectivity index is 1.49. The zero-order valence-corrected chi connectivity index (χ0v) is 26.2. The van der Waals surface area contributed by atoms with Gasteiger partial charge in [-0.05, 0) is 56.0 Å². The molecular weight excluding hydrogens is 629 g/mol. The number of morpholine rings is 1. The lowest BCUT2D eigenvalue weighted by Crippen LogP contribution is -2.44. The average molecular weight is 664 g/mol. The van der Waals surface area contributed by atoms with E-state index in [-0.39, 0.29) is 41.8 Å². The number of anilines is 1. The Hall–Kier alpha value is -4.46. The second-order valence-corrected chi connectivity index (χ2v) is 11.6. The molecule has 252 valence electrons. The maximum Gasteiger partial charge on any atom is 0.417 e. The first kappa shape index (κ1) is 33.9. The van der Waals surface area contributed by atoms with Crippen molar-refractivity contribution in [3.8, 4) is 16.9 Å². The molecule has 9 nitrogen and oxygen atoms in total. The van der Waals surface area contributed by atoms with Crippen molar-refractivity contribution in [3.05, 3.63) is 80.3 Å². The lowest BCUT2D eigenvalue weighted by Gasteiger charge is -2.35. The lowest BCUT2D eigenvalue weighted by atomic mass is 9.89. The summed E-state index contributed by atoms with van der Waals surface area (Å²) >= 11 is 0. The number of esters is 1. The molecule has 0 spiro atoms. The third-order valence-electron chi connectivity index (χ3n) is 8.59. The zero-order chi connectivity index (χ0) is 34.2. The van der Waals surface area contributed by atoms with E-state index in [2.05, 4.69) is 5.32 Å². The van der Waals surface area contributed by atoms with Gasteiger partial charge in [-0.3, -0.25) is 9.59 Å². The summed E-state index contributed by atoms with van der Waals surface area (Å²) in [7, 11) is 2.45. The molecular formula is C33H34F5N3O6. The van der Waals surface area contributed by atoms with E-state index in [1.807, 2.05) is 6.92 Å². The van der Waals surface area contributed by atoms with E-state index < -0.39 is 58.0 Å². The monoisotopic (exact) mass is 663 g/mol. The number of hydrogen-bond acceptors (Lipinski definition) is 7. The van der Waals surface area contributed by atoms with E-state index in [1.54, 1.807) is 4.90 Å². The first-order valence-corrected chi connectivity index (χ1v) is 15.0. The molecule has 2 atom stereocenters. The number of alkyl halides is 3. The van der Waals surface area contributed by atoms with Crippen molar-refractivity contribution in [2.75, 3.05) is 38.4 Å². The molecule has 2 aliphatic heterocycles. The van der Waals surface area contributed by atoms with Gasteiger partial charge in [-0.25, -0.2) is 13.6 Å². The normalized spacial score (nSPS) is 17.0. The van der Waals surface area contributed by atoms with Gasteiger partial charge in [0, 0.05) is 43.0 Å². The fourth-order valence-corrected chi connectivity index (χ4v) is 6.06. The van der Waals surface area contributed by atoms with Crippen LogP contribution in [0, 0.1) is 18.6 Å².